The van der Waals surface area contributed by atoms with Crippen LogP contribution in [0.5, 0.6) is 0 Å². The van der Waals surface area contributed by atoms with Gasteiger partial charge in [-0.25, -0.2) is 4.98 Å². The number of allylic oxidation sites excluding steroid dienone is 4. The van der Waals surface area contributed by atoms with Crippen molar-refractivity contribution < 1.29 is 44.5 Å². The Morgan fingerprint density at radius 3 is 2.56 bits per heavy atom. The van der Waals surface area contributed by atoms with Crippen molar-refractivity contribution in [3.63, 3.8) is 0 Å². The van der Waals surface area contributed by atoms with Crippen molar-refractivity contribution in [2.75, 3.05) is 13.2 Å². The van der Waals surface area contributed by atoms with E-state index in [-0.39, 0.29) is 25.2 Å². The van der Waals surface area contributed by atoms with Crippen molar-refractivity contribution in [3.8, 4) is 11.5 Å². The third-order valence-electron chi connectivity index (χ3n) is 6.00. The smallest absolute Gasteiger partial charge is 0.494 e. The van der Waals surface area contributed by atoms with Crippen LogP contribution in [-0.2, 0) is 35.0 Å². The average Bonchev–Trinajstić information content (AvgIpc) is 3.44. The molecule has 0 saturated heterocycles. The number of nitrogens with zero attached hydrogens (tertiary/aromatic N) is 1. The first-order chi connectivity index (χ1) is 18.4. The number of ether oxygens (including phenoxy) is 2. The zero-order chi connectivity index (χ0) is 28.6. The molecule has 1 atom stereocenters. The van der Waals surface area contributed by atoms with Crippen LogP contribution >= 0.6 is 0 Å². The molecule has 1 fully saturated rings. The van der Waals surface area contributed by atoms with Gasteiger partial charge in [0.1, 0.15) is 17.8 Å². The molecule has 39 heavy (non-hydrogen) atoms. The van der Waals surface area contributed by atoms with Crippen molar-refractivity contribution in [3.05, 3.63) is 77.1 Å². The summed E-state index contributed by atoms with van der Waals surface area (Å²) in [5, 5.41) is 0. The summed E-state index contributed by atoms with van der Waals surface area (Å²) in [5.41, 5.74) is -3.35. The maximum absolute atomic E-state index is 12.8. The number of carbonyl (C=O) groups is 1. The summed E-state index contributed by atoms with van der Waals surface area (Å²) in [6.07, 6.45) is 4.89. The molecule has 0 spiro atoms. The number of oxazole rings is 1. The maximum Gasteiger partial charge on any atom is 0.534 e. The first-order valence-electron chi connectivity index (χ1n) is 12.3. The molecule has 212 valence electrons. The lowest BCUT2D eigenvalue weighted by Crippen LogP contribution is -2.24. The average molecular weight is 570 g/mol. The number of esters is 1. The zero-order valence-corrected chi connectivity index (χ0v) is 22.6. The van der Waals surface area contributed by atoms with Crippen LogP contribution in [0, 0.1) is 12.8 Å². The molecule has 1 saturated carbocycles. The van der Waals surface area contributed by atoms with Gasteiger partial charge in [-0.2, -0.15) is 21.6 Å². The highest BCUT2D eigenvalue weighted by Gasteiger charge is 2.48. The summed E-state index contributed by atoms with van der Waals surface area (Å²) in [6, 6.07) is 9.45. The Labute approximate surface area is 225 Å². The highest BCUT2D eigenvalue weighted by molar-refractivity contribution is 7.87. The Kier molecular flexibility index (Phi) is 10.0. The number of hydrogen-bond acceptors (Lipinski definition) is 8. The Hall–Kier alpha value is -3.54. The van der Waals surface area contributed by atoms with E-state index in [2.05, 4.69) is 9.17 Å². The minimum Gasteiger partial charge on any atom is -0.494 e. The van der Waals surface area contributed by atoms with E-state index >= 15 is 0 Å². The van der Waals surface area contributed by atoms with Gasteiger partial charge < -0.3 is 18.1 Å². The lowest BCUT2D eigenvalue weighted by Gasteiger charge is -2.14. The number of hydrogen-bond donors (Lipinski definition) is 0. The molecular weight excluding hydrogens is 539 g/mol. The van der Waals surface area contributed by atoms with Gasteiger partial charge in [-0.05, 0) is 75.0 Å². The fourth-order valence-corrected chi connectivity index (χ4v) is 4.37. The molecule has 0 amide bonds. The molecule has 0 N–H and O–H groups in total. The molecule has 1 heterocycles. The van der Waals surface area contributed by atoms with E-state index in [9.17, 15) is 26.4 Å². The standard InChI is InChI=1S/C27H30F3NO7S/c1-4-22(36-14-13-24-18(3)38-26(31-24)19-9-7-6-8-10-19)15-20-11-12-21(16-25(32)35-5-2)23(20)17-37-39(33,34)27(28,29)30/h4,6-10,15,17,21H,5,11-14,16H2,1-3H3/b20-15-,22-4+,23-17-. The van der Waals surface area contributed by atoms with Crippen LogP contribution in [0.4, 0.5) is 13.2 Å². The minimum atomic E-state index is -5.85. The van der Waals surface area contributed by atoms with Crippen molar-refractivity contribution in [2.45, 2.75) is 52.0 Å². The molecule has 1 aromatic heterocycles. The third kappa shape index (κ3) is 7.98. The Morgan fingerprint density at radius 1 is 1.21 bits per heavy atom. The van der Waals surface area contributed by atoms with E-state index in [1.807, 2.05) is 37.3 Å². The van der Waals surface area contributed by atoms with Crippen molar-refractivity contribution in [2.24, 2.45) is 5.92 Å². The molecule has 1 aromatic carbocycles. The molecule has 1 unspecified atom stereocenters. The lowest BCUT2D eigenvalue weighted by atomic mass is 9.98. The number of aromatic nitrogens is 1. The molecular formula is C27H30F3NO7S. The quantitative estimate of drug-likeness (QED) is 0.137. The highest BCUT2D eigenvalue weighted by Crippen LogP contribution is 2.40. The third-order valence-corrected chi connectivity index (χ3v) is 6.91. The number of carbonyl (C=O) groups excluding carboxylic acids is 1. The fraction of sp³-hybridized carbons (Fsp3) is 0.407. The summed E-state index contributed by atoms with van der Waals surface area (Å²) < 4.78 is 82.2. The number of benzene rings is 1. The Morgan fingerprint density at radius 2 is 1.92 bits per heavy atom. The first-order valence-corrected chi connectivity index (χ1v) is 13.7. The number of aryl methyl sites for hydroxylation is 1. The Balaban J connectivity index is 1.74. The first kappa shape index (κ1) is 30.0. The predicted octanol–water partition coefficient (Wildman–Crippen LogP) is 6.15. The van der Waals surface area contributed by atoms with Gasteiger partial charge in [0.25, 0.3) is 0 Å². The predicted molar refractivity (Wildman–Crippen MR) is 136 cm³/mol. The van der Waals surface area contributed by atoms with Gasteiger partial charge in [-0.3, -0.25) is 4.79 Å². The topological polar surface area (TPSA) is 105 Å². The Bertz CT molecular complexity index is 1340. The number of rotatable bonds is 11. The van der Waals surface area contributed by atoms with Crippen molar-refractivity contribution in [1.29, 1.82) is 0 Å². The van der Waals surface area contributed by atoms with E-state index < -0.39 is 27.5 Å². The van der Waals surface area contributed by atoms with Crippen LogP contribution in [0.3, 0.4) is 0 Å². The summed E-state index contributed by atoms with van der Waals surface area (Å²) in [5.74, 6) is 0.442. The lowest BCUT2D eigenvalue weighted by molar-refractivity contribution is -0.143. The molecule has 0 radical (unpaired) electrons. The van der Waals surface area contributed by atoms with Gasteiger partial charge in [0.15, 0.2) is 0 Å². The zero-order valence-electron chi connectivity index (χ0n) is 21.8. The van der Waals surface area contributed by atoms with Gasteiger partial charge in [-0.1, -0.05) is 18.2 Å². The SMILES string of the molecule is C\C=C(/C=C1/CCC(CC(=O)OCC)/C1=C\OS(=O)(=O)C(F)(F)F)OCCc1nc(-c2ccccc2)oc1C. The van der Waals surface area contributed by atoms with Crippen LogP contribution in [0.1, 0.15) is 44.6 Å². The maximum atomic E-state index is 12.8. The fourth-order valence-electron chi connectivity index (χ4n) is 4.03. The van der Waals surface area contributed by atoms with Crippen LogP contribution in [0.2, 0.25) is 0 Å². The second-order valence-electron chi connectivity index (χ2n) is 8.66. The van der Waals surface area contributed by atoms with E-state index in [1.165, 1.54) is 0 Å². The molecule has 2 aromatic rings. The van der Waals surface area contributed by atoms with Gasteiger partial charge in [0.2, 0.25) is 5.89 Å². The van der Waals surface area contributed by atoms with E-state index in [1.54, 1.807) is 26.0 Å². The molecule has 8 nitrogen and oxygen atoms in total. The second kappa shape index (κ2) is 13.0. The normalized spacial score (nSPS) is 18.5. The van der Waals surface area contributed by atoms with Crippen LogP contribution in [-0.4, -0.2) is 38.1 Å². The van der Waals surface area contributed by atoms with Crippen LogP contribution < -0.4 is 0 Å². The highest BCUT2D eigenvalue weighted by atomic mass is 32.2. The second-order valence-corrected chi connectivity index (χ2v) is 10.2. The van der Waals surface area contributed by atoms with E-state index in [0.29, 0.717) is 48.5 Å². The van der Waals surface area contributed by atoms with Crippen molar-refractivity contribution in [1.82, 2.24) is 4.98 Å². The number of alkyl halides is 3. The van der Waals surface area contributed by atoms with E-state index in [4.69, 9.17) is 13.9 Å². The molecule has 3 rings (SSSR count). The molecule has 12 heteroatoms. The summed E-state index contributed by atoms with van der Waals surface area (Å²) in [6.45, 7) is 5.53. The summed E-state index contributed by atoms with van der Waals surface area (Å²) in [7, 11) is -5.85. The van der Waals surface area contributed by atoms with Gasteiger partial charge >= 0.3 is 21.6 Å². The van der Waals surface area contributed by atoms with Crippen LogP contribution in [0.15, 0.2) is 70.1 Å². The summed E-state index contributed by atoms with van der Waals surface area (Å²) in [4.78, 5) is 16.6. The van der Waals surface area contributed by atoms with Gasteiger partial charge in [0, 0.05) is 12.0 Å². The summed E-state index contributed by atoms with van der Waals surface area (Å²) >= 11 is 0. The van der Waals surface area contributed by atoms with Crippen molar-refractivity contribution >= 4 is 16.1 Å². The molecule has 1 aliphatic carbocycles. The number of halogens is 3. The molecule has 1 aliphatic rings. The van der Waals surface area contributed by atoms with Gasteiger partial charge in [-0.15, -0.1) is 0 Å². The van der Waals surface area contributed by atoms with Crippen LogP contribution in [0.25, 0.3) is 11.5 Å². The van der Waals surface area contributed by atoms with E-state index in [0.717, 1.165) is 11.3 Å². The monoisotopic (exact) mass is 569 g/mol. The molecule has 0 aliphatic heterocycles. The largest absolute Gasteiger partial charge is 0.534 e. The molecule has 0 bridgehead atoms. The van der Waals surface area contributed by atoms with Gasteiger partial charge in [0.05, 0.1) is 25.3 Å². The minimum absolute atomic E-state index is 0.131.